The molecule has 2 aliphatic heterocycles. The topological polar surface area (TPSA) is 85.3 Å². The third kappa shape index (κ3) is 4.29. The van der Waals surface area contributed by atoms with Crippen molar-refractivity contribution in [3.05, 3.63) is 53.7 Å². The van der Waals surface area contributed by atoms with Gasteiger partial charge in [-0.05, 0) is 37.5 Å². The van der Waals surface area contributed by atoms with Crippen LogP contribution in [0.3, 0.4) is 0 Å². The number of ether oxygens (including phenoxy) is 1. The first-order valence-corrected chi connectivity index (χ1v) is 11.8. The SMILES string of the molecule is CCc1c(N)ncnc1N1CCC(c2nc(-c3ccc(F)c(F)c3)cn2N2CCOCC2)CC1. The number of nitrogens with two attached hydrogens (primary N) is 1. The van der Waals surface area contributed by atoms with Gasteiger partial charge in [-0.2, -0.15) is 0 Å². The summed E-state index contributed by atoms with van der Waals surface area (Å²) in [5, 5.41) is 2.21. The van der Waals surface area contributed by atoms with Crippen molar-refractivity contribution >= 4 is 11.6 Å². The molecule has 0 aliphatic carbocycles. The fourth-order valence-electron chi connectivity index (χ4n) is 4.83. The van der Waals surface area contributed by atoms with Gasteiger partial charge in [0.1, 0.15) is 23.8 Å². The molecule has 0 spiro atoms. The summed E-state index contributed by atoms with van der Waals surface area (Å²) < 4.78 is 35.0. The molecule has 5 rings (SSSR count). The lowest BCUT2D eigenvalue weighted by Crippen LogP contribution is -2.45. The zero-order chi connectivity index (χ0) is 23.7. The molecule has 34 heavy (non-hydrogen) atoms. The van der Waals surface area contributed by atoms with Crippen molar-refractivity contribution in [2.24, 2.45) is 0 Å². The summed E-state index contributed by atoms with van der Waals surface area (Å²) in [6.07, 6.45) is 6.02. The fraction of sp³-hybridized carbons (Fsp3) is 0.458. The van der Waals surface area contributed by atoms with E-state index >= 15 is 0 Å². The summed E-state index contributed by atoms with van der Waals surface area (Å²) in [5.41, 5.74) is 8.27. The van der Waals surface area contributed by atoms with Crippen LogP contribution in [-0.2, 0) is 11.2 Å². The highest BCUT2D eigenvalue weighted by atomic mass is 19.2. The summed E-state index contributed by atoms with van der Waals surface area (Å²) >= 11 is 0. The Hall–Kier alpha value is -3.27. The number of anilines is 2. The molecule has 0 atom stereocenters. The van der Waals surface area contributed by atoms with Crippen LogP contribution in [0.5, 0.6) is 0 Å². The third-order valence-corrected chi connectivity index (χ3v) is 6.69. The van der Waals surface area contributed by atoms with Crippen molar-refractivity contribution in [1.82, 2.24) is 19.6 Å². The standard InChI is InChI=1S/C24H29F2N7O/c1-2-18-22(27)28-15-29-24(18)31-7-5-16(6-8-31)23-30-21(17-3-4-19(25)20(26)13-17)14-33(23)32-9-11-34-12-10-32/h3-4,13-16H,2,5-12H2,1H3,(H2,27,28,29). The van der Waals surface area contributed by atoms with Gasteiger partial charge in [-0.15, -0.1) is 0 Å². The number of nitrogens with zero attached hydrogens (tertiary/aromatic N) is 6. The molecule has 2 fully saturated rings. The van der Waals surface area contributed by atoms with Crippen LogP contribution < -0.4 is 15.6 Å². The predicted molar refractivity (Wildman–Crippen MR) is 126 cm³/mol. The monoisotopic (exact) mass is 469 g/mol. The molecule has 180 valence electrons. The molecule has 1 aromatic carbocycles. The van der Waals surface area contributed by atoms with Gasteiger partial charge in [0.15, 0.2) is 11.6 Å². The van der Waals surface area contributed by atoms with Crippen LogP contribution in [0.1, 0.15) is 37.1 Å². The Balaban J connectivity index is 1.42. The van der Waals surface area contributed by atoms with E-state index in [0.717, 1.165) is 68.7 Å². The first-order chi connectivity index (χ1) is 16.5. The number of morpholine rings is 1. The maximum atomic E-state index is 13.9. The van der Waals surface area contributed by atoms with Gasteiger partial charge in [0, 0.05) is 30.1 Å². The molecule has 4 heterocycles. The van der Waals surface area contributed by atoms with Gasteiger partial charge < -0.3 is 20.4 Å². The van der Waals surface area contributed by atoms with Gasteiger partial charge in [-0.1, -0.05) is 6.92 Å². The van der Waals surface area contributed by atoms with Crippen LogP contribution in [0, 0.1) is 11.6 Å². The third-order valence-electron chi connectivity index (χ3n) is 6.69. The molecule has 2 saturated heterocycles. The molecule has 0 radical (unpaired) electrons. The largest absolute Gasteiger partial charge is 0.383 e. The lowest BCUT2D eigenvalue weighted by Gasteiger charge is -2.36. The Kier molecular flexibility index (Phi) is 6.32. The molecule has 0 bridgehead atoms. The summed E-state index contributed by atoms with van der Waals surface area (Å²) in [6.45, 7) is 6.50. The molecule has 0 amide bonds. The van der Waals surface area contributed by atoms with Crippen molar-refractivity contribution in [2.45, 2.75) is 32.1 Å². The Bertz CT molecular complexity index is 1150. The number of imidazole rings is 1. The highest BCUT2D eigenvalue weighted by molar-refractivity contribution is 5.59. The first kappa shape index (κ1) is 22.5. The number of halogens is 2. The van der Waals surface area contributed by atoms with Crippen LogP contribution in [0.15, 0.2) is 30.7 Å². The lowest BCUT2D eigenvalue weighted by atomic mass is 9.95. The van der Waals surface area contributed by atoms with E-state index in [4.69, 9.17) is 15.5 Å². The van der Waals surface area contributed by atoms with Crippen molar-refractivity contribution < 1.29 is 13.5 Å². The van der Waals surface area contributed by atoms with Crippen molar-refractivity contribution in [2.75, 3.05) is 55.0 Å². The number of hydrogen-bond donors (Lipinski definition) is 1. The summed E-state index contributed by atoms with van der Waals surface area (Å²) in [5.74, 6) is 0.882. The van der Waals surface area contributed by atoms with Crippen LogP contribution in [0.25, 0.3) is 11.3 Å². The summed E-state index contributed by atoms with van der Waals surface area (Å²) in [7, 11) is 0. The van der Waals surface area contributed by atoms with Crippen LogP contribution in [-0.4, -0.2) is 59.0 Å². The van der Waals surface area contributed by atoms with Gasteiger partial charge in [0.05, 0.1) is 38.2 Å². The van der Waals surface area contributed by atoms with Crippen LogP contribution >= 0.6 is 0 Å². The fourth-order valence-corrected chi connectivity index (χ4v) is 4.83. The molecule has 3 aromatic rings. The summed E-state index contributed by atoms with van der Waals surface area (Å²) in [4.78, 5) is 15.8. The summed E-state index contributed by atoms with van der Waals surface area (Å²) in [6, 6.07) is 3.93. The molecular weight excluding hydrogens is 440 g/mol. The average Bonchev–Trinajstić information content (AvgIpc) is 3.32. The van der Waals surface area contributed by atoms with E-state index in [-0.39, 0.29) is 5.92 Å². The second-order valence-electron chi connectivity index (χ2n) is 8.70. The Labute approximate surface area is 197 Å². The highest BCUT2D eigenvalue weighted by Crippen LogP contribution is 2.33. The van der Waals surface area contributed by atoms with E-state index < -0.39 is 11.6 Å². The lowest BCUT2D eigenvalue weighted by molar-refractivity contribution is 0.110. The minimum Gasteiger partial charge on any atom is -0.383 e. The molecule has 0 saturated carbocycles. The Morgan fingerprint density at radius 2 is 1.82 bits per heavy atom. The Morgan fingerprint density at radius 1 is 1.06 bits per heavy atom. The Morgan fingerprint density at radius 3 is 2.53 bits per heavy atom. The minimum absolute atomic E-state index is 0.224. The number of aromatic nitrogens is 4. The number of hydrogen-bond acceptors (Lipinski definition) is 7. The maximum absolute atomic E-state index is 13.9. The maximum Gasteiger partial charge on any atom is 0.159 e. The molecule has 2 aromatic heterocycles. The van der Waals surface area contributed by atoms with E-state index in [1.54, 1.807) is 6.07 Å². The van der Waals surface area contributed by atoms with Crippen molar-refractivity contribution in [3.8, 4) is 11.3 Å². The second-order valence-corrected chi connectivity index (χ2v) is 8.70. The van der Waals surface area contributed by atoms with E-state index in [9.17, 15) is 8.78 Å². The number of nitrogen functional groups attached to an aromatic ring is 1. The van der Waals surface area contributed by atoms with Crippen molar-refractivity contribution in [1.29, 1.82) is 0 Å². The van der Waals surface area contributed by atoms with Crippen LogP contribution in [0.4, 0.5) is 20.4 Å². The number of rotatable bonds is 5. The molecule has 2 aliphatic rings. The molecule has 8 nitrogen and oxygen atoms in total. The van der Waals surface area contributed by atoms with E-state index in [1.165, 1.54) is 12.4 Å². The normalized spacial score (nSPS) is 17.4. The molecule has 10 heteroatoms. The predicted octanol–water partition coefficient (Wildman–Crippen LogP) is 3.12. The van der Waals surface area contributed by atoms with Gasteiger partial charge in [-0.3, -0.25) is 0 Å². The molecule has 0 unspecified atom stereocenters. The molecule has 2 N–H and O–H groups in total. The number of piperidine rings is 1. The van der Waals surface area contributed by atoms with Gasteiger partial charge >= 0.3 is 0 Å². The second kappa shape index (κ2) is 9.54. The van der Waals surface area contributed by atoms with E-state index in [0.29, 0.717) is 30.3 Å². The van der Waals surface area contributed by atoms with Gasteiger partial charge in [0.25, 0.3) is 0 Å². The zero-order valence-corrected chi connectivity index (χ0v) is 19.3. The number of benzene rings is 1. The first-order valence-electron chi connectivity index (χ1n) is 11.8. The smallest absolute Gasteiger partial charge is 0.159 e. The zero-order valence-electron chi connectivity index (χ0n) is 19.3. The van der Waals surface area contributed by atoms with Gasteiger partial charge in [0.2, 0.25) is 0 Å². The minimum atomic E-state index is -0.871. The van der Waals surface area contributed by atoms with E-state index in [1.807, 2.05) is 6.20 Å². The van der Waals surface area contributed by atoms with E-state index in [2.05, 4.69) is 31.5 Å². The quantitative estimate of drug-likeness (QED) is 0.615. The van der Waals surface area contributed by atoms with Crippen LogP contribution in [0.2, 0.25) is 0 Å². The van der Waals surface area contributed by atoms with Gasteiger partial charge in [-0.25, -0.2) is 28.4 Å². The van der Waals surface area contributed by atoms with Crippen molar-refractivity contribution in [3.63, 3.8) is 0 Å². The average molecular weight is 470 g/mol. The molecular formula is C24H29F2N7O. The highest BCUT2D eigenvalue weighted by Gasteiger charge is 2.29.